The summed E-state index contributed by atoms with van der Waals surface area (Å²) in [4.78, 5) is 15.5. The van der Waals surface area contributed by atoms with E-state index in [9.17, 15) is 4.79 Å². The molecule has 0 atom stereocenters. The van der Waals surface area contributed by atoms with Gasteiger partial charge in [0, 0.05) is 12.6 Å². The summed E-state index contributed by atoms with van der Waals surface area (Å²) in [5.74, 6) is 0.430. The Morgan fingerprint density at radius 1 is 1.43 bits per heavy atom. The fourth-order valence-corrected chi connectivity index (χ4v) is 4.25. The summed E-state index contributed by atoms with van der Waals surface area (Å²) in [7, 11) is 0. The van der Waals surface area contributed by atoms with Gasteiger partial charge >= 0.3 is 0 Å². The summed E-state index contributed by atoms with van der Waals surface area (Å²) in [6, 6.07) is 2.66. The minimum absolute atomic E-state index is 0.0986. The SMILES string of the molecule is CCCC1(C(=O)N(Cc2ccsc2)C2CC2)CCNCC1. The third-order valence-corrected chi connectivity index (χ3v) is 5.66. The lowest BCUT2D eigenvalue weighted by Gasteiger charge is -2.40. The molecule has 1 aromatic rings. The molecule has 0 radical (unpaired) electrons. The minimum Gasteiger partial charge on any atom is -0.335 e. The van der Waals surface area contributed by atoms with E-state index in [1.54, 1.807) is 11.3 Å². The second-order valence-electron chi connectivity index (χ2n) is 6.58. The molecule has 1 aromatic heterocycles. The van der Waals surface area contributed by atoms with Crippen molar-refractivity contribution in [2.24, 2.45) is 5.41 Å². The van der Waals surface area contributed by atoms with Gasteiger partial charge in [0.05, 0.1) is 5.41 Å². The van der Waals surface area contributed by atoms with E-state index in [1.807, 2.05) is 0 Å². The van der Waals surface area contributed by atoms with Crippen LogP contribution in [0.4, 0.5) is 0 Å². The van der Waals surface area contributed by atoms with Crippen LogP contribution in [0.3, 0.4) is 0 Å². The maximum Gasteiger partial charge on any atom is 0.229 e. The number of piperidine rings is 1. The zero-order valence-electron chi connectivity index (χ0n) is 12.9. The van der Waals surface area contributed by atoms with E-state index >= 15 is 0 Å². The molecule has 1 aliphatic carbocycles. The van der Waals surface area contributed by atoms with Crippen molar-refractivity contribution in [3.63, 3.8) is 0 Å². The summed E-state index contributed by atoms with van der Waals surface area (Å²) in [6.45, 7) is 4.99. The molecule has 3 nitrogen and oxygen atoms in total. The number of carbonyl (C=O) groups is 1. The standard InChI is InChI=1S/C17H26N2OS/c1-2-6-17(7-9-18-10-8-17)16(20)19(15-3-4-15)12-14-5-11-21-13-14/h5,11,13,15,18H,2-4,6-10,12H2,1H3. The van der Waals surface area contributed by atoms with E-state index in [4.69, 9.17) is 0 Å². The largest absolute Gasteiger partial charge is 0.335 e. The van der Waals surface area contributed by atoms with Gasteiger partial charge in [0.1, 0.15) is 0 Å². The van der Waals surface area contributed by atoms with E-state index in [1.165, 1.54) is 18.4 Å². The Morgan fingerprint density at radius 2 is 2.19 bits per heavy atom. The van der Waals surface area contributed by atoms with Crippen LogP contribution in [-0.4, -0.2) is 29.9 Å². The number of amides is 1. The van der Waals surface area contributed by atoms with Gasteiger partial charge in [-0.2, -0.15) is 11.3 Å². The van der Waals surface area contributed by atoms with Crippen LogP contribution in [0.1, 0.15) is 51.0 Å². The van der Waals surface area contributed by atoms with Crippen LogP contribution in [0.25, 0.3) is 0 Å². The molecule has 1 saturated heterocycles. The fourth-order valence-electron chi connectivity index (χ4n) is 3.59. The first-order chi connectivity index (χ1) is 10.2. The molecule has 2 heterocycles. The monoisotopic (exact) mass is 306 g/mol. The van der Waals surface area contributed by atoms with Gasteiger partial charge in [-0.1, -0.05) is 13.3 Å². The summed E-state index contributed by atoms with van der Waals surface area (Å²) in [5.41, 5.74) is 1.19. The first kappa shape index (κ1) is 15.0. The second kappa shape index (κ2) is 6.49. The topological polar surface area (TPSA) is 32.3 Å². The van der Waals surface area contributed by atoms with Crippen molar-refractivity contribution in [3.8, 4) is 0 Å². The zero-order chi connectivity index (χ0) is 14.7. The molecule has 1 N–H and O–H groups in total. The van der Waals surface area contributed by atoms with Crippen molar-refractivity contribution in [2.45, 2.75) is 58.0 Å². The van der Waals surface area contributed by atoms with Crippen molar-refractivity contribution in [1.29, 1.82) is 0 Å². The minimum atomic E-state index is -0.0986. The van der Waals surface area contributed by atoms with Crippen molar-refractivity contribution >= 4 is 17.2 Å². The van der Waals surface area contributed by atoms with Gasteiger partial charge in [-0.15, -0.1) is 0 Å². The molecule has 1 saturated carbocycles. The molecule has 116 valence electrons. The maximum absolute atomic E-state index is 13.3. The van der Waals surface area contributed by atoms with Crippen molar-refractivity contribution in [3.05, 3.63) is 22.4 Å². The Kier molecular flexibility index (Phi) is 4.65. The number of nitrogens with one attached hydrogen (secondary N) is 1. The third kappa shape index (κ3) is 3.32. The van der Waals surface area contributed by atoms with Crippen LogP contribution in [0.2, 0.25) is 0 Å². The molecular weight excluding hydrogens is 280 g/mol. The number of hydrogen-bond acceptors (Lipinski definition) is 3. The number of hydrogen-bond donors (Lipinski definition) is 1. The Hall–Kier alpha value is -0.870. The Morgan fingerprint density at radius 3 is 2.76 bits per heavy atom. The van der Waals surface area contributed by atoms with Gasteiger partial charge in [0.2, 0.25) is 5.91 Å². The van der Waals surface area contributed by atoms with Crippen LogP contribution in [-0.2, 0) is 11.3 Å². The summed E-state index contributed by atoms with van der Waals surface area (Å²) < 4.78 is 0. The normalized spacial score (nSPS) is 21.2. The highest BCUT2D eigenvalue weighted by Gasteiger charge is 2.45. The molecular formula is C17H26N2OS. The predicted molar refractivity (Wildman–Crippen MR) is 87.3 cm³/mol. The average Bonchev–Trinajstić information content (AvgIpc) is 3.22. The molecule has 3 rings (SSSR count). The average molecular weight is 306 g/mol. The number of carbonyl (C=O) groups excluding carboxylic acids is 1. The molecule has 0 spiro atoms. The number of thiophene rings is 1. The highest BCUT2D eigenvalue weighted by atomic mass is 32.1. The van der Waals surface area contributed by atoms with Gasteiger partial charge in [-0.05, 0) is 67.6 Å². The molecule has 0 bridgehead atoms. The van der Waals surface area contributed by atoms with Gasteiger partial charge in [-0.3, -0.25) is 4.79 Å². The third-order valence-electron chi connectivity index (χ3n) is 4.92. The van der Waals surface area contributed by atoms with Gasteiger partial charge in [-0.25, -0.2) is 0 Å². The van der Waals surface area contributed by atoms with Crippen LogP contribution in [0.15, 0.2) is 16.8 Å². The highest BCUT2D eigenvalue weighted by Crippen LogP contribution is 2.40. The zero-order valence-corrected chi connectivity index (χ0v) is 13.8. The van der Waals surface area contributed by atoms with E-state index in [2.05, 4.69) is 34.0 Å². The van der Waals surface area contributed by atoms with Crippen LogP contribution in [0.5, 0.6) is 0 Å². The van der Waals surface area contributed by atoms with E-state index in [0.29, 0.717) is 11.9 Å². The lowest BCUT2D eigenvalue weighted by Crippen LogP contribution is -2.49. The first-order valence-electron chi connectivity index (χ1n) is 8.28. The molecule has 2 fully saturated rings. The Labute approximate surface area is 131 Å². The van der Waals surface area contributed by atoms with E-state index in [-0.39, 0.29) is 5.41 Å². The molecule has 21 heavy (non-hydrogen) atoms. The van der Waals surface area contributed by atoms with Crippen LogP contribution >= 0.6 is 11.3 Å². The molecule has 1 aliphatic heterocycles. The van der Waals surface area contributed by atoms with E-state index in [0.717, 1.165) is 45.3 Å². The van der Waals surface area contributed by atoms with Crippen LogP contribution < -0.4 is 5.32 Å². The summed E-state index contributed by atoms with van der Waals surface area (Å²) >= 11 is 1.72. The molecule has 2 aliphatic rings. The molecule has 0 unspecified atom stereocenters. The number of nitrogens with zero attached hydrogens (tertiary/aromatic N) is 1. The van der Waals surface area contributed by atoms with E-state index < -0.39 is 0 Å². The quantitative estimate of drug-likeness (QED) is 0.873. The lowest BCUT2D eigenvalue weighted by atomic mass is 9.74. The molecule has 1 amide bonds. The van der Waals surface area contributed by atoms with Crippen LogP contribution in [0, 0.1) is 5.41 Å². The number of rotatable bonds is 6. The Balaban J connectivity index is 1.78. The fraction of sp³-hybridized carbons (Fsp3) is 0.706. The maximum atomic E-state index is 13.3. The summed E-state index contributed by atoms with van der Waals surface area (Å²) in [6.07, 6.45) is 6.54. The second-order valence-corrected chi connectivity index (χ2v) is 7.36. The smallest absolute Gasteiger partial charge is 0.229 e. The van der Waals surface area contributed by atoms with Crippen molar-refractivity contribution < 1.29 is 4.79 Å². The first-order valence-corrected chi connectivity index (χ1v) is 9.22. The van der Waals surface area contributed by atoms with Crippen molar-refractivity contribution in [1.82, 2.24) is 10.2 Å². The Bertz CT molecular complexity index is 456. The van der Waals surface area contributed by atoms with Gasteiger partial charge < -0.3 is 10.2 Å². The van der Waals surface area contributed by atoms with Gasteiger partial charge in [0.15, 0.2) is 0 Å². The summed E-state index contributed by atoms with van der Waals surface area (Å²) in [5, 5.41) is 7.70. The highest BCUT2D eigenvalue weighted by molar-refractivity contribution is 7.07. The lowest BCUT2D eigenvalue weighted by molar-refractivity contribution is -0.145. The molecule has 4 heteroatoms. The predicted octanol–water partition coefficient (Wildman–Crippen LogP) is 3.41. The van der Waals surface area contributed by atoms with Gasteiger partial charge in [0.25, 0.3) is 0 Å². The van der Waals surface area contributed by atoms with Crippen molar-refractivity contribution in [2.75, 3.05) is 13.1 Å². The molecule has 0 aromatic carbocycles.